The van der Waals surface area contributed by atoms with Crippen LogP contribution in [0.25, 0.3) is 10.9 Å². The number of carbonyl (C=O) groups excluding carboxylic acids is 1. The molecule has 130 valence electrons. The molecular weight excluding hydrogens is 328 g/mol. The summed E-state index contributed by atoms with van der Waals surface area (Å²) in [7, 11) is 0. The summed E-state index contributed by atoms with van der Waals surface area (Å²) in [5, 5.41) is 3.45. The maximum absolute atomic E-state index is 11.6. The lowest BCUT2D eigenvalue weighted by molar-refractivity contribution is 0.140. The first-order valence-corrected chi connectivity index (χ1v) is 8.16. The summed E-state index contributed by atoms with van der Waals surface area (Å²) in [4.78, 5) is 19.7. The smallest absolute Gasteiger partial charge is 0.407 e. The molecule has 1 amide bonds. The van der Waals surface area contributed by atoms with Crippen LogP contribution >= 0.6 is 0 Å². The molecule has 3 N–H and O–H groups in total. The molecule has 2 aromatic carbocycles. The Morgan fingerprint density at radius 3 is 2.85 bits per heavy atom. The first-order valence-electron chi connectivity index (χ1n) is 8.16. The maximum Gasteiger partial charge on any atom is 0.407 e. The minimum atomic E-state index is -0.453. The lowest BCUT2D eigenvalue weighted by Gasteiger charge is -2.05. The Kier molecular flexibility index (Phi) is 5.63. The fourth-order valence-electron chi connectivity index (χ4n) is 2.32. The highest BCUT2D eigenvalue weighted by molar-refractivity contribution is 5.88. The molecule has 1 heterocycles. The van der Waals surface area contributed by atoms with Crippen LogP contribution in [-0.4, -0.2) is 22.6 Å². The predicted molar refractivity (Wildman–Crippen MR) is 100 cm³/mol. The lowest BCUT2D eigenvalue weighted by Crippen LogP contribution is -2.24. The summed E-state index contributed by atoms with van der Waals surface area (Å²) >= 11 is 0. The van der Waals surface area contributed by atoms with Crippen molar-refractivity contribution in [1.82, 2.24) is 15.3 Å². The molecule has 0 bridgehead atoms. The molecule has 6 nitrogen and oxygen atoms in total. The molecule has 0 spiro atoms. The summed E-state index contributed by atoms with van der Waals surface area (Å²) < 4.78 is 5.13. The minimum Gasteiger partial charge on any atom is -0.445 e. The van der Waals surface area contributed by atoms with Crippen LogP contribution in [0.4, 0.5) is 10.6 Å². The molecule has 0 fully saturated rings. The number of nitrogen functional groups attached to an aromatic ring is 1. The quantitative estimate of drug-likeness (QED) is 0.560. The number of nitrogens with one attached hydrogen (secondary N) is 1. The monoisotopic (exact) mass is 346 g/mol. The Labute approximate surface area is 151 Å². The molecule has 0 aliphatic heterocycles. The molecule has 1 aromatic heterocycles. The van der Waals surface area contributed by atoms with E-state index in [0.717, 1.165) is 22.0 Å². The standard InChI is InChI=1S/C20H18N4O2/c21-19-17-12-15(9-10-18(17)23-14-24-19)6-4-5-11-22-20(25)26-13-16-7-2-1-3-8-16/h1-3,7-10,12,14H,5,11,13H2,(H,22,25)(H2,21,23,24). The van der Waals surface area contributed by atoms with Crippen molar-refractivity contribution in [3.8, 4) is 11.8 Å². The second-order valence-electron chi connectivity index (χ2n) is 5.53. The van der Waals surface area contributed by atoms with E-state index in [-0.39, 0.29) is 6.61 Å². The number of benzene rings is 2. The summed E-state index contributed by atoms with van der Waals surface area (Å²) in [6.07, 6.45) is 1.50. The van der Waals surface area contributed by atoms with Crippen molar-refractivity contribution >= 4 is 22.8 Å². The number of anilines is 1. The van der Waals surface area contributed by atoms with E-state index in [1.807, 2.05) is 48.5 Å². The van der Waals surface area contributed by atoms with Gasteiger partial charge < -0.3 is 15.8 Å². The lowest BCUT2D eigenvalue weighted by atomic mass is 10.1. The van der Waals surface area contributed by atoms with Gasteiger partial charge in [-0.15, -0.1) is 0 Å². The van der Waals surface area contributed by atoms with E-state index in [2.05, 4.69) is 27.1 Å². The van der Waals surface area contributed by atoms with Gasteiger partial charge in [0, 0.05) is 23.9 Å². The van der Waals surface area contributed by atoms with Gasteiger partial charge in [-0.2, -0.15) is 0 Å². The molecule has 0 saturated carbocycles. The van der Waals surface area contributed by atoms with Crippen molar-refractivity contribution in [1.29, 1.82) is 0 Å². The van der Waals surface area contributed by atoms with Gasteiger partial charge in [0.25, 0.3) is 0 Å². The third-order valence-electron chi connectivity index (χ3n) is 3.63. The van der Waals surface area contributed by atoms with E-state index >= 15 is 0 Å². The molecule has 0 aliphatic carbocycles. The van der Waals surface area contributed by atoms with Crippen LogP contribution in [0, 0.1) is 11.8 Å². The van der Waals surface area contributed by atoms with Crippen LogP contribution in [0.1, 0.15) is 17.5 Å². The summed E-state index contributed by atoms with van der Waals surface area (Å²) in [5.74, 6) is 6.49. The summed E-state index contributed by atoms with van der Waals surface area (Å²) in [6, 6.07) is 15.1. The molecule has 0 radical (unpaired) electrons. The van der Waals surface area contributed by atoms with Crippen LogP contribution in [0.3, 0.4) is 0 Å². The van der Waals surface area contributed by atoms with E-state index in [9.17, 15) is 4.79 Å². The van der Waals surface area contributed by atoms with Gasteiger partial charge in [0.1, 0.15) is 18.8 Å². The van der Waals surface area contributed by atoms with E-state index < -0.39 is 6.09 Å². The molecule has 3 aromatic rings. The Balaban J connectivity index is 1.45. The van der Waals surface area contributed by atoms with Crippen molar-refractivity contribution in [2.24, 2.45) is 0 Å². The number of ether oxygens (including phenoxy) is 1. The van der Waals surface area contributed by atoms with E-state index in [1.54, 1.807) is 0 Å². The molecular formula is C20H18N4O2. The topological polar surface area (TPSA) is 90.1 Å². The number of fused-ring (bicyclic) bond motifs is 1. The van der Waals surface area contributed by atoms with Gasteiger partial charge >= 0.3 is 6.09 Å². The first kappa shape index (κ1) is 17.2. The van der Waals surface area contributed by atoms with Gasteiger partial charge in [0.2, 0.25) is 0 Å². The van der Waals surface area contributed by atoms with Crippen LogP contribution in [-0.2, 0) is 11.3 Å². The number of hydrogen-bond acceptors (Lipinski definition) is 5. The Morgan fingerprint density at radius 1 is 1.15 bits per heavy atom. The van der Waals surface area contributed by atoms with Gasteiger partial charge in [0.15, 0.2) is 0 Å². The van der Waals surface area contributed by atoms with Crippen LogP contribution in [0.15, 0.2) is 54.9 Å². The molecule has 3 rings (SSSR count). The Morgan fingerprint density at radius 2 is 2.00 bits per heavy atom. The van der Waals surface area contributed by atoms with Crippen LogP contribution < -0.4 is 11.1 Å². The number of hydrogen-bond donors (Lipinski definition) is 2. The van der Waals surface area contributed by atoms with Crippen molar-refractivity contribution in [2.75, 3.05) is 12.3 Å². The molecule has 0 atom stereocenters. The van der Waals surface area contributed by atoms with E-state index in [1.165, 1.54) is 6.33 Å². The fourth-order valence-corrected chi connectivity index (χ4v) is 2.32. The third-order valence-corrected chi connectivity index (χ3v) is 3.63. The Hall–Kier alpha value is -3.59. The summed E-state index contributed by atoms with van der Waals surface area (Å²) in [6.45, 7) is 0.665. The first-order chi connectivity index (χ1) is 12.7. The molecule has 26 heavy (non-hydrogen) atoms. The maximum atomic E-state index is 11.6. The normalized spacial score (nSPS) is 10.0. The second-order valence-corrected chi connectivity index (χ2v) is 5.53. The van der Waals surface area contributed by atoms with Crippen molar-refractivity contribution in [3.63, 3.8) is 0 Å². The number of nitrogens with two attached hydrogens (primary N) is 1. The molecule has 0 aliphatic rings. The molecule has 6 heteroatoms. The van der Waals surface area contributed by atoms with Gasteiger partial charge in [0.05, 0.1) is 5.52 Å². The van der Waals surface area contributed by atoms with Crippen LogP contribution in [0.5, 0.6) is 0 Å². The average molecular weight is 346 g/mol. The highest BCUT2D eigenvalue weighted by Gasteiger charge is 2.01. The SMILES string of the molecule is Nc1ncnc2ccc(C#CCCNC(=O)OCc3ccccc3)cc12. The number of amides is 1. The van der Waals surface area contributed by atoms with Gasteiger partial charge in [-0.05, 0) is 23.8 Å². The zero-order valence-electron chi connectivity index (χ0n) is 14.1. The van der Waals surface area contributed by atoms with Gasteiger partial charge in [-0.25, -0.2) is 14.8 Å². The molecule has 0 saturated heterocycles. The highest BCUT2D eigenvalue weighted by Crippen LogP contribution is 2.17. The van der Waals surface area contributed by atoms with Gasteiger partial charge in [-0.3, -0.25) is 0 Å². The average Bonchev–Trinajstić information content (AvgIpc) is 2.67. The number of alkyl carbamates (subject to hydrolysis) is 1. The Bertz CT molecular complexity index is 962. The number of aromatic nitrogens is 2. The largest absolute Gasteiger partial charge is 0.445 e. The third kappa shape index (κ3) is 4.71. The van der Waals surface area contributed by atoms with E-state index in [0.29, 0.717) is 18.8 Å². The zero-order valence-corrected chi connectivity index (χ0v) is 14.1. The van der Waals surface area contributed by atoms with Crippen molar-refractivity contribution in [3.05, 3.63) is 66.0 Å². The summed E-state index contributed by atoms with van der Waals surface area (Å²) in [5.41, 5.74) is 8.40. The number of rotatable bonds is 4. The minimum absolute atomic E-state index is 0.249. The highest BCUT2D eigenvalue weighted by atomic mass is 16.5. The van der Waals surface area contributed by atoms with E-state index in [4.69, 9.17) is 10.5 Å². The van der Waals surface area contributed by atoms with Crippen molar-refractivity contribution in [2.45, 2.75) is 13.0 Å². The predicted octanol–water partition coefficient (Wildman–Crippen LogP) is 2.88. The number of nitrogens with zero attached hydrogens (tertiary/aromatic N) is 2. The number of carbonyl (C=O) groups is 1. The van der Waals surface area contributed by atoms with Gasteiger partial charge in [-0.1, -0.05) is 42.2 Å². The second kappa shape index (κ2) is 8.49. The molecule has 0 unspecified atom stereocenters. The van der Waals surface area contributed by atoms with Crippen molar-refractivity contribution < 1.29 is 9.53 Å². The fraction of sp³-hybridized carbons (Fsp3) is 0.150. The van der Waals surface area contributed by atoms with Crippen LogP contribution in [0.2, 0.25) is 0 Å². The zero-order chi connectivity index (χ0) is 18.2.